The number of hydrogen-bond donors (Lipinski definition) is 1. The third kappa shape index (κ3) is 5.83. The van der Waals surface area contributed by atoms with Crippen molar-refractivity contribution in [2.45, 2.75) is 72.3 Å². The van der Waals surface area contributed by atoms with Crippen molar-refractivity contribution in [1.82, 2.24) is 10.2 Å². The molecule has 1 atom stereocenters. The average molecular weight is 268 g/mol. The largest absolute Gasteiger partial charge is 0.316 e. The first-order chi connectivity index (χ1) is 9.00. The smallest absolute Gasteiger partial charge is 0.00926 e. The Kier molecular flexibility index (Phi) is 7.38. The van der Waals surface area contributed by atoms with Crippen LogP contribution in [0.2, 0.25) is 0 Å². The second kappa shape index (κ2) is 8.26. The Morgan fingerprint density at radius 3 is 2.32 bits per heavy atom. The van der Waals surface area contributed by atoms with Gasteiger partial charge in [-0.25, -0.2) is 0 Å². The van der Waals surface area contributed by atoms with Crippen LogP contribution in [0.4, 0.5) is 0 Å². The molecule has 0 bridgehead atoms. The fraction of sp³-hybridized carbons (Fsp3) is 1.00. The summed E-state index contributed by atoms with van der Waals surface area (Å²) in [7, 11) is 2.35. The first-order valence-corrected chi connectivity index (χ1v) is 8.41. The summed E-state index contributed by atoms with van der Waals surface area (Å²) in [4.78, 5) is 2.65. The Morgan fingerprint density at radius 2 is 1.79 bits per heavy atom. The molecule has 1 aliphatic carbocycles. The Labute approximate surface area is 121 Å². The molecule has 0 aromatic carbocycles. The predicted molar refractivity (Wildman–Crippen MR) is 85.6 cm³/mol. The fourth-order valence-corrected chi connectivity index (χ4v) is 3.67. The van der Waals surface area contributed by atoms with Crippen LogP contribution in [0.3, 0.4) is 0 Å². The fourth-order valence-electron chi connectivity index (χ4n) is 3.67. The zero-order valence-corrected chi connectivity index (χ0v) is 14.0. The molecule has 2 heteroatoms. The van der Waals surface area contributed by atoms with Crippen LogP contribution in [0.1, 0.15) is 66.2 Å². The molecular weight excluding hydrogens is 232 g/mol. The number of nitrogens with one attached hydrogen (secondary N) is 1. The molecule has 114 valence electrons. The summed E-state index contributed by atoms with van der Waals surface area (Å²) in [5.41, 5.74) is 0.433. The van der Waals surface area contributed by atoms with Crippen LogP contribution in [0, 0.1) is 11.3 Å². The van der Waals surface area contributed by atoms with E-state index in [1.54, 1.807) is 0 Å². The summed E-state index contributed by atoms with van der Waals surface area (Å²) in [5, 5.41) is 3.56. The van der Waals surface area contributed by atoms with E-state index in [1.807, 2.05) is 0 Å². The van der Waals surface area contributed by atoms with Crippen molar-refractivity contribution in [2.75, 3.05) is 26.7 Å². The van der Waals surface area contributed by atoms with Crippen LogP contribution in [0.25, 0.3) is 0 Å². The van der Waals surface area contributed by atoms with Gasteiger partial charge in [0.15, 0.2) is 0 Å². The van der Waals surface area contributed by atoms with Crippen LogP contribution in [0.5, 0.6) is 0 Å². The minimum atomic E-state index is 0.433. The van der Waals surface area contributed by atoms with E-state index in [0.717, 1.165) is 25.0 Å². The normalized spacial score (nSPS) is 27.5. The number of hydrogen-bond acceptors (Lipinski definition) is 2. The monoisotopic (exact) mass is 268 g/mol. The molecule has 0 saturated heterocycles. The molecule has 0 spiro atoms. The lowest BCUT2D eigenvalue weighted by Crippen LogP contribution is -2.45. The third-order valence-electron chi connectivity index (χ3n) is 4.90. The van der Waals surface area contributed by atoms with Gasteiger partial charge in [-0.05, 0) is 57.0 Å². The van der Waals surface area contributed by atoms with Crippen molar-refractivity contribution < 1.29 is 0 Å². The Morgan fingerprint density at radius 1 is 1.16 bits per heavy atom. The highest BCUT2D eigenvalue weighted by Gasteiger charge is 2.29. The maximum absolute atomic E-state index is 3.56. The van der Waals surface area contributed by atoms with Gasteiger partial charge in [0.05, 0.1) is 0 Å². The molecule has 19 heavy (non-hydrogen) atoms. The van der Waals surface area contributed by atoms with Gasteiger partial charge in [-0.1, -0.05) is 34.1 Å². The topological polar surface area (TPSA) is 15.3 Å². The molecule has 1 N–H and O–H groups in total. The second-order valence-electron chi connectivity index (χ2n) is 7.17. The molecular formula is C17H36N2. The average Bonchev–Trinajstić information content (AvgIpc) is 2.37. The molecule has 1 fully saturated rings. The molecule has 0 amide bonds. The minimum Gasteiger partial charge on any atom is -0.316 e. The van der Waals surface area contributed by atoms with Gasteiger partial charge in [0.1, 0.15) is 0 Å². The molecule has 1 rings (SSSR count). The molecule has 1 unspecified atom stereocenters. The van der Waals surface area contributed by atoms with Gasteiger partial charge in [-0.3, -0.25) is 0 Å². The minimum absolute atomic E-state index is 0.433. The van der Waals surface area contributed by atoms with Crippen molar-refractivity contribution in [2.24, 2.45) is 11.3 Å². The molecule has 0 aliphatic heterocycles. The van der Waals surface area contributed by atoms with Crippen LogP contribution in [-0.4, -0.2) is 37.6 Å². The summed E-state index contributed by atoms with van der Waals surface area (Å²) < 4.78 is 0. The standard InChI is InChI=1S/C17H36N2/c1-6-12-17(4,13-18-7-2)14-19(5)16-10-8-15(3)9-11-16/h15-16,18H,6-14H2,1-5H3. The Bertz CT molecular complexity index is 233. The lowest BCUT2D eigenvalue weighted by molar-refractivity contribution is 0.105. The summed E-state index contributed by atoms with van der Waals surface area (Å²) in [6.07, 6.45) is 8.27. The SMILES string of the molecule is CCCC(C)(CNCC)CN(C)C1CCC(C)CC1. The summed E-state index contributed by atoms with van der Waals surface area (Å²) in [5.74, 6) is 0.952. The molecule has 1 aliphatic rings. The van der Waals surface area contributed by atoms with Crippen molar-refractivity contribution in [3.05, 3.63) is 0 Å². The van der Waals surface area contributed by atoms with E-state index >= 15 is 0 Å². The molecule has 0 radical (unpaired) electrons. The van der Waals surface area contributed by atoms with Crippen LogP contribution < -0.4 is 5.32 Å². The van der Waals surface area contributed by atoms with Gasteiger partial charge in [0.25, 0.3) is 0 Å². The number of rotatable bonds is 8. The van der Waals surface area contributed by atoms with Gasteiger partial charge < -0.3 is 10.2 Å². The van der Waals surface area contributed by atoms with Crippen molar-refractivity contribution in [3.8, 4) is 0 Å². The van der Waals surface area contributed by atoms with Gasteiger partial charge in [0, 0.05) is 19.1 Å². The van der Waals surface area contributed by atoms with Gasteiger partial charge >= 0.3 is 0 Å². The maximum Gasteiger partial charge on any atom is 0.00926 e. The van der Waals surface area contributed by atoms with Crippen molar-refractivity contribution in [1.29, 1.82) is 0 Å². The van der Waals surface area contributed by atoms with Crippen LogP contribution in [0.15, 0.2) is 0 Å². The highest BCUT2D eigenvalue weighted by molar-refractivity contribution is 4.84. The Balaban J connectivity index is 2.47. The van der Waals surface area contributed by atoms with E-state index < -0.39 is 0 Å². The molecule has 0 aromatic rings. The van der Waals surface area contributed by atoms with E-state index in [1.165, 1.54) is 45.1 Å². The predicted octanol–water partition coefficient (Wildman–Crippen LogP) is 3.91. The highest BCUT2D eigenvalue weighted by Crippen LogP contribution is 2.30. The van der Waals surface area contributed by atoms with E-state index in [9.17, 15) is 0 Å². The Hall–Kier alpha value is -0.0800. The quantitative estimate of drug-likeness (QED) is 0.718. The lowest BCUT2D eigenvalue weighted by Gasteiger charge is -2.40. The highest BCUT2D eigenvalue weighted by atomic mass is 15.1. The van der Waals surface area contributed by atoms with Gasteiger partial charge in [-0.15, -0.1) is 0 Å². The molecule has 0 aromatic heterocycles. The zero-order chi connectivity index (χ0) is 14.3. The molecule has 1 saturated carbocycles. The number of nitrogens with zero attached hydrogens (tertiary/aromatic N) is 1. The van der Waals surface area contributed by atoms with E-state index in [-0.39, 0.29) is 0 Å². The lowest BCUT2D eigenvalue weighted by atomic mass is 9.82. The third-order valence-corrected chi connectivity index (χ3v) is 4.90. The first-order valence-electron chi connectivity index (χ1n) is 8.41. The van der Waals surface area contributed by atoms with Gasteiger partial charge in [0.2, 0.25) is 0 Å². The molecule has 2 nitrogen and oxygen atoms in total. The van der Waals surface area contributed by atoms with Crippen molar-refractivity contribution >= 4 is 0 Å². The van der Waals surface area contributed by atoms with E-state index in [4.69, 9.17) is 0 Å². The van der Waals surface area contributed by atoms with Gasteiger partial charge in [-0.2, -0.15) is 0 Å². The van der Waals surface area contributed by atoms with Crippen LogP contribution >= 0.6 is 0 Å². The summed E-state index contributed by atoms with van der Waals surface area (Å²) in [6, 6.07) is 0.828. The van der Waals surface area contributed by atoms with E-state index in [0.29, 0.717) is 5.41 Å². The van der Waals surface area contributed by atoms with E-state index in [2.05, 4.69) is 45.0 Å². The summed E-state index contributed by atoms with van der Waals surface area (Å²) >= 11 is 0. The zero-order valence-electron chi connectivity index (χ0n) is 14.0. The maximum atomic E-state index is 3.56. The van der Waals surface area contributed by atoms with Crippen LogP contribution in [-0.2, 0) is 0 Å². The van der Waals surface area contributed by atoms with Crippen molar-refractivity contribution in [3.63, 3.8) is 0 Å². The summed E-state index contributed by atoms with van der Waals surface area (Å²) in [6.45, 7) is 12.9. The second-order valence-corrected chi connectivity index (χ2v) is 7.17. The first kappa shape index (κ1) is 17.0. The molecule has 0 heterocycles.